The summed E-state index contributed by atoms with van der Waals surface area (Å²) >= 11 is 0. The topological polar surface area (TPSA) is 87.7 Å². The smallest absolute Gasteiger partial charge is 0.311 e. The molecule has 3 N–H and O–H groups in total. The van der Waals surface area contributed by atoms with Gasteiger partial charge < -0.3 is 20.5 Å². The number of rotatable bonds is 3. The number of hydrogen-bond donors (Lipinski definition) is 3. The fourth-order valence-electron chi connectivity index (χ4n) is 2.39. The van der Waals surface area contributed by atoms with Crippen LogP contribution in [-0.4, -0.2) is 49.3 Å². The molecule has 2 aliphatic heterocycles. The Labute approximate surface area is 99.7 Å². The Morgan fingerprint density at radius 3 is 2.65 bits per heavy atom. The molecule has 1 amide bonds. The zero-order valence-corrected chi connectivity index (χ0v) is 9.81. The zero-order valence-electron chi connectivity index (χ0n) is 9.81. The lowest BCUT2D eigenvalue weighted by Crippen LogP contribution is -2.46. The third kappa shape index (κ3) is 2.58. The predicted molar refractivity (Wildman–Crippen MR) is 59.4 cm³/mol. The van der Waals surface area contributed by atoms with Crippen molar-refractivity contribution in [3.05, 3.63) is 0 Å². The minimum Gasteiger partial charge on any atom is -0.481 e. The standard InChI is InChI=1S/C11H18N2O4/c1-6-2-12-3-7(6)10(14)13-9-5-17-4-8(9)11(15)16/h6-9,12H,2-5H2,1H3,(H,13,14)(H,15,16)/t6-,7-,8?,9?/m1/s1. The molecule has 0 radical (unpaired) electrons. The Kier molecular flexibility index (Phi) is 3.63. The second kappa shape index (κ2) is 5.01. The molecule has 6 heteroatoms. The van der Waals surface area contributed by atoms with Crippen LogP contribution >= 0.6 is 0 Å². The van der Waals surface area contributed by atoms with E-state index in [0.717, 1.165) is 6.54 Å². The number of aliphatic carboxylic acids is 1. The van der Waals surface area contributed by atoms with Gasteiger partial charge in [0.25, 0.3) is 0 Å². The van der Waals surface area contributed by atoms with Gasteiger partial charge in [-0.15, -0.1) is 0 Å². The molecule has 0 aromatic carbocycles. The minimum atomic E-state index is -0.912. The molecular formula is C11H18N2O4. The summed E-state index contributed by atoms with van der Waals surface area (Å²) in [6.45, 7) is 3.99. The molecule has 2 aliphatic rings. The van der Waals surface area contributed by atoms with Crippen molar-refractivity contribution in [3.63, 3.8) is 0 Å². The molecule has 2 saturated heterocycles. The van der Waals surface area contributed by atoms with E-state index < -0.39 is 17.9 Å². The molecule has 4 atom stereocenters. The second-order valence-corrected chi connectivity index (χ2v) is 4.84. The first-order valence-corrected chi connectivity index (χ1v) is 5.91. The molecule has 0 aromatic heterocycles. The highest BCUT2D eigenvalue weighted by Gasteiger charge is 2.37. The van der Waals surface area contributed by atoms with E-state index in [-0.39, 0.29) is 25.0 Å². The van der Waals surface area contributed by atoms with E-state index in [1.807, 2.05) is 6.92 Å². The molecule has 2 rings (SSSR count). The highest BCUT2D eigenvalue weighted by Crippen LogP contribution is 2.19. The van der Waals surface area contributed by atoms with Gasteiger partial charge in [0.1, 0.15) is 5.92 Å². The SMILES string of the molecule is C[C@@H]1CNC[C@H]1C(=O)NC1COCC1C(=O)O. The van der Waals surface area contributed by atoms with E-state index in [2.05, 4.69) is 10.6 Å². The third-order valence-electron chi connectivity index (χ3n) is 3.58. The molecule has 2 unspecified atom stereocenters. The molecule has 2 heterocycles. The summed E-state index contributed by atoms with van der Waals surface area (Å²) in [4.78, 5) is 22.9. The summed E-state index contributed by atoms with van der Waals surface area (Å²) in [5, 5.41) is 14.9. The van der Waals surface area contributed by atoms with E-state index in [1.165, 1.54) is 0 Å². The monoisotopic (exact) mass is 242 g/mol. The maximum atomic E-state index is 12.0. The second-order valence-electron chi connectivity index (χ2n) is 4.84. The van der Waals surface area contributed by atoms with Gasteiger partial charge in [0.05, 0.1) is 25.2 Å². The van der Waals surface area contributed by atoms with Crippen LogP contribution in [0.4, 0.5) is 0 Å². The van der Waals surface area contributed by atoms with Gasteiger partial charge in [0.2, 0.25) is 5.91 Å². The van der Waals surface area contributed by atoms with Crippen molar-refractivity contribution >= 4 is 11.9 Å². The Morgan fingerprint density at radius 1 is 1.29 bits per heavy atom. The fraction of sp³-hybridized carbons (Fsp3) is 0.818. The molecule has 0 aliphatic carbocycles. The van der Waals surface area contributed by atoms with E-state index in [4.69, 9.17) is 9.84 Å². The Bertz CT molecular complexity index is 321. The first-order valence-electron chi connectivity index (χ1n) is 5.91. The van der Waals surface area contributed by atoms with Gasteiger partial charge in [-0.2, -0.15) is 0 Å². The summed E-state index contributed by atoms with van der Waals surface area (Å²) in [5.74, 6) is -1.37. The lowest BCUT2D eigenvalue weighted by molar-refractivity contribution is -0.142. The van der Waals surface area contributed by atoms with Crippen LogP contribution in [0.25, 0.3) is 0 Å². The molecule has 0 saturated carbocycles. The Balaban J connectivity index is 1.91. The highest BCUT2D eigenvalue weighted by molar-refractivity contribution is 5.81. The molecule has 17 heavy (non-hydrogen) atoms. The van der Waals surface area contributed by atoms with Gasteiger partial charge in [0, 0.05) is 6.54 Å². The normalized spacial score (nSPS) is 37.0. The van der Waals surface area contributed by atoms with Crippen molar-refractivity contribution in [2.45, 2.75) is 13.0 Å². The van der Waals surface area contributed by atoms with E-state index in [1.54, 1.807) is 0 Å². The van der Waals surface area contributed by atoms with E-state index in [0.29, 0.717) is 12.5 Å². The van der Waals surface area contributed by atoms with Gasteiger partial charge >= 0.3 is 5.97 Å². The number of carbonyl (C=O) groups excluding carboxylic acids is 1. The van der Waals surface area contributed by atoms with Gasteiger partial charge in [-0.05, 0) is 12.5 Å². The zero-order chi connectivity index (χ0) is 12.4. The number of carbonyl (C=O) groups is 2. The average molecular weight is 242 g/mol. The Morgan fingerprint density at radius 2 is 2.06 bits per heavy atom. The number of carboxylic acids is 1. The molecule has 0 aromatic rings. The van der Waals surface area contributed by atoms with Crippen LogP contribution in [0.1, 0.15) is 6.92 Å². The maximum Gasteiger partial charge on any atom is 0.311 e. The van der Waals surface area contributed by atoms with Gasteiger partial charge in [-0.1, -0.05) is 6.92 Å². The van der Waals surface area contributed by atoms with E-state index >= 15 is 0 Å². The first-order chi connectivity index (χ1) is 8.09. The highest BCUT2D eigenvalue weighted by atomic mass is 16.5. The fourth-order valence-corrected chi connectivity index (χ4v) is 2.39. The lowest BCUT2D eigenvalue weighted by atomic mass is 9.96. The Hall–Kier alpha value is -1.14. The largest absolute Gasteiger partial charge is 0.481 e. The van der Waals surface area contributed by atoms with Crippen molar-refractivity contribution in [1.29, 1.82) is 0 Å². The number of amides is 1. The lowest BCUT2D eigenvalue weighted by Gasteiger charge is -2.20. The van der Waals surface area contributed by atoms with Crippen LogP contribution in [0.3, 0.4) is 0 Å². The van der Waals surface area contributed by atoms with Crippen LogP contribution in [0.2, 0.25) is 0 Å². The quantitative estimate of drug-likeness (QED) is 0.594. The van der Waals surface area contributed by atoms with Gasteiger partial charge in [-0.3, -0.25) is 9.59 Å². The van der Waals surface area contributed by atoms with Crippen molar-refractivity contribution in [1.82, 2.24) is 10.6 Å². The number of ether oxygens (including phenoxy) is 1. The van der Waals surface area contributed by atoms with Gasteiger partial charge in [0.15, 0.2) is 0 Å². The average Bonchev–Trinajstić information content (AvgIpc) is 2.86. The summed E-state index contributed by atoms with van der Waals surface area (Å²) < 4.78 is 5.11. The molecule has 6 nitrogen and oxygen atoms in total. The van der Waals surface area contributed by atoms with Crippen LogP contribution < -0.4 is 10.6 Å². The summed E-state index contributed by atoms with van der Waals surface area (Å²) in [7, 11) is 0. The molecular weight excluding hydrogens is 224 g/mol. The predicted octanol–water partition coefficient (Wildman–Crippen LogP) is -0.942. The van der Waals surface area contributed by atoms with Crippen LogP contribution in [0.15, 0.2) is 0 Å². The van der Waals surface area contributed by atoms with E-state index in [9.17, 15) is 9.59 Å². The van der Waals surface area contributed by atoms with Crippen LogP contribution in [0.5, 0.6) is 0 Å². The molecule has 0 spiro atoms. The third-order valence-corrected chi connectivity index (χ3v) is 3.58. The van der Waals surface area contributed by atoms with Crippen LogP contribution in [0, 0.1) is 17.8 Å². The van der Waals surface area contributed by atoms with Gasteiger partial charge in [-0.25, -0.2) is 0 Å². The van der Waals surface area contributed by atoms with Crippen molar-refractivity contribution in [2.24, 2.45) is 17.8 Å². The molecule has 2 fully saturated rings. The number of nitrogens with one attached hydrogen (secondary N) is 2. The number of carboxylic acid groups (broad SMARTS) is 1. The summed E-state index contributed by atoms with van der Waals surface area (Å²) in [6, 6.07) is -0.396. The summed E-state index contributed by atoms with van der Waals surface area (Å²) in [5.41, 5.74) is 0. The van der Waals surface area contributed by atoms with Crippen molar-refractivity contribution in [2.75, 3.05) is 26.3 Å². The molecule has 0 bridgehead atoms. The minimum absolute atomic E-state index is 0.0648. The van der Waals surface area contributed by atoms with Crippen LogP contribution in [-0.2, 0) is 14.3 Å². The number of hydrogen-bond acceptors (Lipinski definition) is 4. The summed E-state index contributed by atoms with van der Waals surface area (Å²) in [6.07, 6.45) is 0. The first kappa shape index (κ1) is 12.3. The van der Waals surface area contributed by atoms with Crippen molar-refractivity contribution in [3.8, 4) is 0 Å². The maximum absolute atomic E-state index is 12.0. The molecule has 96 valence electrons. The van der Waals surface area contributed by atoms with Crippen molar-refractivity contribution < 1.29 is 19.4 Å².